The van der Waals surface area contributed by atoms with Crippen molar-refractivity contribution in [1.82, 2.24) is 5.32 Å². The van der Waals surface area contributed by atoms with Gasteiger partial charge in [0, 0.05) is 11.1 Å². The van der Waals surface area contributed by atoms with Gasteiger partial charge in [0.05, 0.1) is 0 Å². The average molecular weight is 286 g/mol. The number of amides is 1. The Kier molecular flexibility index (Phi) is 5.63. The predicted molar refractivity (Wildman–Crippen MR) is 71.3 cm³/mol. The van der Waals surface area contributed by atoms with Crippen LogP contribution < -0.4 is 5.32 Å². The Bertz CT molecular complexity index is 476. The third-order valence-electron chi connectivity index (χ3n) is 2.53. The summed E-state index contributed by atoms with van der Waals surface area (Å²) in [4.78, 5) is 23.0. The maximum atomic E-state index is 11.6. The molecule has 1 rings (SSSR count). The second-order valence-corrected chi connectivity index (χ2v) is 4.55. The van der Waals surface area contributed by atoms with Crippen LogP contribution in [0.25, 0.3) is 0 Å². The Labute approximate surface area is 116 Å². The minimum atomic E-state index is -0.770. The minimum absolute atomic E-state index is 0.0233. The number of rotatable bonds is 5. The molecular formula is C13H16ClNO4. The summed E-state index contributed by atoms with van der Waals surface area (Å²) in [5.74, 6) is -1.43. The Balaban J connectivity index is 2.54. The van der Waals surface area contributed by atoms with Crippen molar-refractivity contribution in [2.45, 2.75) is 26.3 Å². The number of benzene rings is 1. The zero-order chi connectivity index (χ0) is 14.4. The van der Waals surface area contributed by atoms with E-state index in [1.54, 1.807) is 0 Å². The molecule has 1 aromatic carbocycles. The number of carbonyl (C=O) groups excluding carboxylic acids is 2. The number of esters is 1. The maximum Gasteiger partial charge on any atom is 0.342 e. The second kappa shape index (κ2) is 6.99. The number of nitrogens with one attached hydrogen (secondary N) is 1. The number of aromatic hydroxyl groups is 1. The van der Waals surface area contributed by atoms with Gasteiger partial charge in [0.1, 0.15) is 11.3 Å². The second-order valence-electron chi connectivity index (χ2n) is 4.11. The Morgan fingerprint density at radius 2 is 2.16 bits per heavy atom. The predicted octanol–water partition coefficient (Wildman–Crippen LogP) is 2.12. The first kappa shape index (κ1) is 15.3. The first-order valence-electron chi connectivity index (χ1n) is 5.89. The fourth-order valence-corrected chi connectivity index (χ4v) is 1.47. The molecule has 1 atom stereocenters. The lowest BCUT2D eigenvalue weighted by Crippen LogP contribution is -2.35. The molecular weight excluding hydrogens is 270 g/mol. The highest BCUT2D eigenvalue weighted by atomic mass is 35.5. The van der Waals surface area contributed by atoms with E-state index in [0.29, 0.717) is 5.02 Å². The van der Waals surface area contributed by atoms with E-state index in [1.807, 2.05) is 13.8 Å². The van der Waals surface area contributed by atoms with Crippen LogP contribution in [-0.4, -0.2) is 29.6 Å². The molecule has 0 saturated heterocycles. The van der Waals surface area contributed by atoms with Crippen molar-refractivity contribution in [2.24, 2.45) is 0 Å². The van der Waals surface area contributed by atoms with E-state index >= 15 is 0 Å². The minimum Gasteiger partial charge on any atom is -0.507 e. The summed E-state index contributed by atoms with van der Waals surface area (Å²) in [5, 5.41) is 12.5. The number of carbonyl (C=O) groups is 2. The van der Waals surface area contributed by atoms with E-state index in [1.165, 1.54) is 18.2 Å². The van der Waals surface area contributed by atoms with Crippen molar-refractivity contribution in [3.05, 3.63) is 28.8 Å². The van der Waals surface area contributed by atoms with E-state index in [0.717, 1.165) is 6.42 Å². The van der Waals surface area contributed by atoms with Crippen LogP contribution >= 0.6 is 11.6 Å². The van der Waals surface area contributed by atoms with Crippen LogP contribution in [0.1, 0.15) is 30.6 Å². The van der Waals surface area contributed by atoms with E-state index < -0.39 is 5.97 Å². The van der Waals surface area contributed by atoms with E-state index in [9.17, 15) is 14.7 Å². The molecule has 0 aliphatic rings. The maximum absolute atomic E-state index is 11.6. The van der Waals surface area contributed by atoms with E-state index in [2.05, 4.69) is 5.32 Å². The van der Waals surface area contributed by atoms with Gasteiger partial charge in [-0.15, -0.1) is 0 Å². The lowest BCUT2D eigenvalue weighted by molar-refractivity contribution is -0.124. The van der Waals surface area contributed by atoms with Gasteiger partial charge in [-0.1, -0.05) is 18.5 Å². The highest BCUT2D eigenvalue weighted by Gasteiger charge is 2.15. The van der Waals surface area contributed by atoms with Gasteiger partial charge in [-0.05, 0) is 31.5 Å². The molecule has 0 unspecified atom stereocenters. The van der Waals surface area contributed by atoms with Gasteiger partial charge in [0.2, 0.25) is 0 Å². The summed E-state index contributed by atoms with van der Waals surface area (Å²) < 4.78 is 4.80. The molecule has 0 fully saturated rings. The monoisotopic (exact) mass is 285 g/mol. The number of ether oxygens (including phenoxy) is 1. The first-order chi connectivity index (χ1) is 8.93. The molecule has 0 saturated carbocycles. The number of phenols is 1. The third kappa shape index (κ3) is 4.79. The molecule has 1 aromatic rings. The van der Waals surface area contributed by atoms with Crippen molar-refractivity contribution < 1.29 is 19.4 Å². The number of halogens is 1. The van der Waals surface area contributed by atoms with Crippen LogP contribution in [0.15, 0.2) is 18.2 Å². The van der Waals surface area contributed by atoms with Gasteiger partial charge < -0.3 is 15.2 Å². The third-order valence-corrected chi connectivity index (χ3v) is 2.77. The van der Waals surface area contributed by atoms with Crippen molar-refractivity contribution in [1.29, 1.82) is 0 Å². The summed E-state index contributed by atoms with van der Waals surface area (Å²) in [6.45, 7) is 3.40. The lowest BCUT2D eigenvalue weighted by atomic mass is 10.2. The molecule has 0 aliphatic carbocycles. The first-order valence-corrected chi connectivity index (χ1v) is 6.26. The molecule has 0 aliphatic heterocycles. The standard InChI is InChI=1S/C13H16ClNO4/c1-3-8(2)15-12(17)7-19-13(18)10-5-4-9(14)6-11(10)16/h4-6,8,16H,3,7H2,1-2H3,(H,15,17)/t8-/m1/s1. The molecule has 2 N–H and O–H groups in total. The summed E-state index contributed by atoms with van der Waals surface area (Å²) >= 11 is 5.65. The van der Waals surface area contributed by atoms with Gasteiger partial charge in [-0.3, -0.25) is 4.79 Å². The molecule has 6 heteroatoms. The fraction of sp³-hybridized carbons (Fsp3) is 0.385. The van der Waals surface area contributed by atoms with Crippen LogP contribution in [0, 0.1) is 0 Å². The lowest BCUT2D eigenvalue weighted by Gasteiger charge is -2.11. The van der Waals surface area contributed by atoms with Crippen LogP contribution in [0.4, 0.5) is 0 Å². The van der Waals surface area contributed by atoms with Gasteiger partial charge in [0.15, 0.2) is 6.61 Å². The van der Waals surface area contributed by atoms with Crippen molar-refractivity contribution in [2.75, 3.05) is 6.61 Å². The van der Waals surface area contributed by atoms with Gasteiger partial charge in [-0.25, -0.2) is 4.79 Å². The molecule has 0 spiro atoms. The number of hydrogen-bond acceptors (Lipinski definition) is 4. The highest BCUT2D eigenvalue weighted by Crippen LogP contribution is 2.22. The molecule has 0 heterocycles. The SMILES string of the molecule is CC[C@@H](C)NC(=O)COC(=O)c1ccc(Cl)cc1O. The molecule has 0 aromatic heterocycles. The fourth-order valence-electron chi connectivity index (χ4n) is 1.30. The molecule has 0 bridgehead atoms. The molecule has 19 heavy (non-hydrogen) atoms. The topological polar surface area (TPSA) is 75.6 Å². The van der Waals surface area contributed by atoms with Gasteiger partial charge >= 0.3 is 5.97 Å². The van der Waals surface area contributed by atoms with Crippen molar-refractivity contribution in [3.63, 3.8) is 0 Å². The van der Waals surface area contributed by atoms with Crippen LogP contribution in [-0.2, 0) is 9.53 Å². The molecule has 104 valence electrons. The van der Waals surface area contributed by atoms with E-state index in [-0.39, 0.29) is 29.9 Å². The summed E-state index contributed by atoms with van der Waals surface area (Å²) in [6, 6.07) is 4.05. The zero-order valence-electron chi connectivity index (χ0n) is 10.8. The quantitative estimate of drug-likeness (QED) is 0.813. The molecule has 5 nitrogen and oxygen atoms in total. The van der Waals surface area contributed by atoms with Crippen LogP contribution in [0.3, 0.4) is 0 Å². The number of hydrogen-bond donors (Lipinski definition) is 2. The summed E-state index contributed by atoms with van der Waals surface area (Å²) in [5.41, 5.74) is -0.0271. The molecule has 1 amide bonds. The Hall–Kier alpha value is -1.75. The smallest absolute Gasteiger partial charge is 0.342 e. The number of phenolic OH excluding ortho intramolecular Hbond substituents is 1. The highest BCUT2D eigenvalue weighted by molar-refractivity contribution is 6.30. The normalized spacial score (nSPS) is 11.7. The Morgan fingerprint density at radius 3 is 2.74 bits per heavy atom. The largest absolute Gasteiger partial charge is 0.507 e. The van der Waals surface area contributed by atoms with Crippen LogP contribution in [0.5, 0.6) is 5.75 Å². The average Bonchev–Trinajstić information content (AvgIpc) is 2.35. The van der Waals surface area contributed by atoms with Crippen LogP contribution in [0.2, 0.25) is 5.02 Å². The van der Waals surface area contributed by atoms with Crippen molar-refractivity contribution >= 4 is 23.5 Å². The Morgan fingerprint density at radius 1 is 1.47 bits per heavy atom. The molecule has 0 radical (unpaired) electrons. The zero-order valence-corrected chi connectivity index (χ0v) is 11.5. The van der Waals surface area contributed by atoms with Gasteiger partial charge in [0.25, 0.3) is 5.91 Å². The van der Waals surface area contributed by atoms with Crippen molar-refractivity contribution in [3.8, 4) is 5.75 Å². The summed E-state index contributed by atoms with van der Waals surface area (Å²) in [7, 11) is 0. The van der Waals surface area contributed by atoms with Gasteiger partial charge in [-0.2, -0.15) is 0 Å². The van der Waals surface area contributed by atoms with E-state index in [4.69, 9.17) is 16.3 Å². The summed E-state index contributed by atoms with van der Waals surface area (Å²) in [6.07, 6.45) is 0.789.